The smallest absolute Gasteiger partial charge is 0.231 e. The van der Waals surface area contributed by atoms with Crippen LogP contribution >= 0.6 is 0 Å². The first kappa shape index (κ1) is 14.2. The van der Waals surface area contributed by atoms with Crippen LogP contribution in [-0.2, 0) is 11.2 Å². The number of nitrogens with one attached hydrogen (secondary N) is 1. The highest BCUT2D eigenvalue weighted by molar-refractivity contribution is 5.91. The Kier molecular flexibility index (Phi) is 3.82. The maximum atomic E-state index is 12.0. The predicted molar refractivity (Wildman–Crippen MR) is 84.5 cm³/mol. The Morgan fingerprint density at radius 2 is 2.00 bits per heavy atom. The van der Waals surface area contributed by atoms with Crippen LogP contribution in [0.3, 0.4) is 0 Å². The zero-order valence-corrected chi connectivity index (χ0v) is 12.5. The molecule has 0 saturated carbocycles. The number of fused-ring (bicyclic) bond motifs is 1. The zero-order valence-electron chi connectivity index (χ0n) is 12.5. The number of nitrogens with zero attached hydrogens (tertiary/aromatic N) is 4. The third-order valence-corrected chi connectivity index (χ3v) is 3.38. The number of benzene rings is 1. The Morgan fingerprint density at radius 1 is 1.23 bits per heavy atom. The molecule has 1 N–H and O–H groups in total. The molecule has 0 aliphatic heterocycles. The molecule has 0 aliphatic carbocycles. The molecule has 3 rings (SSSR count). The molecule has 0 radical (unpaired) electrons. The van der Waals surface area contributed by atoms with Gasteiger partial charge in [0.05, 0.1) is 23.8 Å². The molecular formula is C16H17N5O. The minimum atomic E-state index is -0.145. The van der Waals surface area contributed by atoms with Crippen molar-refractivity contribution in [3.8, 4) is 0 Å². The van der Waals surface area contributed by atoms with Gasteiger partial charge in [0.2, 0.25) is 11.9 Å². The molecule has 22 heavy (non-hydrogen) atoms. The fourth-order valence-electron chi connectivity index (χ4n) is 2.32. The van der Waals surface area contributed by atoms with Gasteiger partial charge in [0, 0.05) is 18.4 Å². The fourth-order valence-corrected chi connectivity index (χ4v) is 2.32. The van der Waals surface area contributed by atoms with E-state index in [4.69, 9.17) is 0 Å². The van der Waals surface area contributed by atoms with Gasteiger partial charge in [-0.15, -0.1) is 0 Å². The number of imidazole rings is 1. The number of rotatable bonds is 4. The molecule has 0 fully saturated rings. The topological polar surface area (TPSA) is 72.7 Å². The standard InChI is InChI=1S/C16H17N5O/c1-11(2)21-10-19-13-8-12(4-5-14(13)21)9-15(22)20-16-17-6-3-7-18-16/h3-8,10-11H,9H2,1-2H3,(H,17,18,20,22). The largest absolute Gasteiger partial charge is 0.328 e. The van der Waals surface area contributed by atoms with Crippen LogP contribution in [0.1, 0.15) is 25.5 Å². The Balaban J connectivity index is 1.75. The van der Waals surface area contributed by atoms with E-state index in [1.807, 2.05) is 24.5 Å². The van der Waals surface area contributed by atoms with Crippen molar-refractivity contribution in [3.63, 3.8) is 0 Å². The van der Waals surface area contributed by atoms with Crippen LogP contribution in [0.4, 0.5) is 5.95 Å². The zero-order chi connectivity index (χ0) is 15.5. The molecule has 6 heteroatoms. The van der Waals surface area contributed by atoms with Gasteiger partial charge in [0.15, 0.2) is 0 Å². The Bertz CT molecular complexity index is 795. The van der Waals surface area contributed by atoms with Crippen LogP contribution in [-0.4, -0.2) is 25.4 Å². The van der Waals surface area contributed by atoms with Gasteiger partial charge in [0.1, 0.15) is 0 Å². The Morgan fingerprint density at radius 3 is 2.73 bits per heavy atom. The molecule has 0 atom stereocenters. The molecular weight excluding hydrogens is 278 g/mol. The molecule has 0 spiro atoms. The van der Waals surface area contributed by atoms with Gasteiger partial charge in [-0.3, -0.25) is 10.1 Å². The SMILES string of the molecule is CC(C)n1cnc2cc(CC(=O)Nc3ncccn3)ccc21. The van der Waals surface area contributed by atoms with Crippen molar-refractivity contribution in [3.05, 3.63) is 48.5 Å². The summed E-state index contributed by atoms with van der Waals surface area (Å²) in [7, 11) is 0. The van der Waals surface area contributed by atoms with E-state index in [2.05, 4.69) is 38.7 Å². The first-order chi connectivity index (χ1) is 10.6. The van der Waals surface area contributed by atoms with Crippen molar-refractivity contribution in [2.45, 2.75) is 26.3 Å². The molecule has 0 bridgehead atoms. The van der Waals surface area contributed by atoms with Crippen LogP contribution in [0.25, 0.3) is 11.0 Å². The van der Waals surface area contributed by atoms with E-state index in [1.165, 1.54) is 0 Å². The average Bonchev–Trinajstić information content (AvgIpc) is 2.91. The van der Waals surface area contributed by atoms with Crippen molar-refractivity contribution in [2.24, 2.45) is 0 Å². The number of amides is 1. The maximum absolute atomic E-state index is 12.0. The molecule has 3 aromatic rings. The van der Waals surface area contributed by atoms with Crippen molar-refractivity contribution in [1.29, 1.82) is 0 Å². The molecule has 1 amide bonds. The van der Waals surface area contributed by atoms with Crippen LogP contribution in [0, 0.1) is 0 Å². The summed E-state index contributed by atoms with van der Waals surface area (Å²) in [4.78, 5) is 24.4. The summed E-state index contributed by atoms with van der Waals surface area (Å²) in [5.41, 5.74) is 2.88. The van der Waals surface area contributed by atoms with Crippen LogP contribution in [0.5, 0.6) is 0 Å². The second-order valence-electron chi connectivity index (χ2n) is 5.37. The summed E-state index contributed by atoms with van der Waals surface area (Å²) in [6, 6.07) is 7.96. The second kappa shape index (κ2) is 5.93. The molecule has 6 nitrogen and oxygen atoms in total. The number of carbonyl (C=O) groups excluding carboxylic acids is 1. The van der Waals surface area contributed by atoms with Crippen molar-refractivity contribution in [2.75, 3.05) is 5.32 Å². The van der Waals surface area contributed by atoms with Crippen LogP contribution in [0.2, 0.25) is 0 Å². The van der Waals surface area contributed by atoms with Crippen molar-refractivity contribution in [1.82, 2.24) is 19.5 Å². The third kappa shape index (κ3) is 2.95. The van der Waals surface area contributed by atoms with E-state index < -0.39 is 0 Å². The quantitative estimate of drug-likeness (QED) is 0.803. The lowest BCUT2D eigenvalue weighted by molar-refractivity contribution is -0.115. The fraction of sp³-hybridized carbons (Fsp3) is 0.250. The van der Waals surface area contributed by atoms with Gasteiger partial charge in [-0.1, -0.05) is 6.07 Å². The van der Waals surface area contributed by atoms with Gasteiger partial charge in [-0.25, -0.2) is 15.0 Å². The van der Waals surface area contributed by atoms with Crippen LogP contribution < -0.4 is 5.32 Å². The highest BCUT2D eigenvalue weighted by Crippen LogP contribution is 2.19. The Labute approximate surface area is 128 Å². The lowest BCUT2D eigenvalue weighted by Gasteiger charge is -2.08. The van der Waals surface area contributed by atoms with Crippen LogP contribution in [0.15, 0.2) is 43.0 Å². The average molecular weight is 295 g/mol. The summed E-state index contributed by atoms with van der Waals surface area (Å²) < 4.78 is 2.11. The lowest BCUT2D eigenvalue weighted by Crippen LogP contribution is -2.16. The summed E-state index contributed by atoms with van der Waals surface area (Å²) in [5.74, 6) is 0.173. The van der Waals surface area contributed by atoms with Crippen molar-refractivity contribution < 1.29 is 4.79 Å². The molecule has 112 valence electrons. The monoisotopic (exact) mass is 295 g/mol. The second-order valence-corrected chi connectivity index (χ2v) is 5.37. The lowest BCUT2D eigenvalue weighted by atomic mass is 10.1. The van der Waals surface area contributed by atoms with Gasteiger partial charge < -0.3 is 4.57 Å². The normalized spacial score (nSPS) is 11.0. The van der Waals surface area contributed by atoms with Gasteiger partial charge in [-0.05, 0) is 37.6 Å². The first-order valence-corrected chi connectivity index (χ1v) is 7.16. The molecule has 0 unspecified atom stereocenters. The summed E-state index contributed by atoms with van der Waals surface area (Å²) in [6.45, 7) is 4.23. The molecule has 2 heterocycles. The maximum Gasteiger partial charge on any atom is 0.231 e. The van der Waals surface area contributed by atoms with Gasteiger partial charge >= 0.3 is 0 Å². The van der Waals surface area contributed by atoms with E-state index in [0.29, 0.717) is 12.0 Å². The van der Waals surface area contributed by atoms with E-state index in [0.717, 1.165) is 16.6 Å². The third-order valence-electron chi connectivity index (χ3n) is 3.38. The number of carbonyl (C=O) groups is 1. The number of hydrogen-bond donors (Lipinski definition) is 1. The molecule has 0 aliphatic rings. The minimum absolute atomic E-state index is 0.145. The summed E-state index contributed by atoms with van der Waals surface area (Å²) in [6.07, 6.45) is 5.28. The molecule has 1 aromatic carbocycles. The number of anilines is 1. The Hall–Kier alpha value is -2.76. The first-order valence-electron chi connectivity index (χ1n) is 7.16. The summed E-state index contributed by atoms with van der Waals surface area (Å²) in [5, 5.41) is 2.68. The van der Waals surface area contributed by atoms with E-state index in [9.17, 15) is 4.79 Å². The highest BCUT2D eigenvalue weighted by Gasteiger charge is 2.09. The van der Waals surface area contributed by atoms with E-state index in [-0.39, 0.29) is 12.3 Å². The molecule has 0 saturated heterocycles. The predicted octanol–water partition coefficient (Wildman–Crippen LogP) is 2.59. The van der Waals surface area contributed by atoms with E-state index >= 15 is 0 Å². The van der Waals surface area contributed by atoms with Gasteiger partial charge in [0.25, 0.3) is 0 Å². The van der Waals surface area contributed by atoms with Crippen molar-refractivity contribution >= 4 is 22.9 Å². The minimum Gasteiger partial charge on any atom is -0.328 e. The highest BCUT2D eigenvalue weighted by atomic mass is 16.1. The number of hydrogen-bond acceptors (Lipinski definition) is 4. The summed E-state index contributed by atoms with van der Waals surface area (Å²) >= 11 is 0. The van der Waals surface area contributed by atoms with E-state index in [1.54, 1.807) is 18.5 Å². The van der Waals surface area contributed by atoms with Gasteiger partial charge in [-0.2, -0.15) is 0 Å². The molecule has 2 aromatic heterocycles. The number of aromatic nitrogens is 4.